The number of ether oxygens (including phenoxy) is 2. The number of hydrogen-bond donors (Lipinski definition) is 1. The lowest BCUT2D eigenvalue weighted by molar-refractivity contribution is -0.385. The maximum atomic E-state index is 14.0. The molecule has 3 heterocycles. The van der Waals surface area contributed by atoms with Gasteiger partial charge >= 0.3 is 4.87 Å². The molecule has 202 valence electrons. The fourth-order valence-electron chi connectivity index (χ4n) is 5.10. The Morgan fingerprint density at radius 1 is 1.00 bits per heavy atom. The van der Waals surface area contributed by atoms with Gasteiger partial charge in [0.1, 0.15) is 23.4 Å². The van der Waals surface area contributed by atoms with Crippen LogP contribution >= 0.6 is 23.1 Å². The number of nitro benzene ring substituents is 1. The standard InChI is InChI=1S/C28H21N3O7S2/c1-37-18-10-7-16(8-11-18)30-26(32)22-21(23-25(29-28(34)40-23)39-24(22)27(30)33)19-13-17(31(35)36)9-12-20(19)38-14-15-5-3-2-4-6-15/h2-13,21-22,24H,14H2,1H3,(H,29,34)/t21-,22-,24+/m0/s1. The highest BCUT2D eigenvalue weighted by Gasteiger charge is 2.57. The van der Waals surface area contributed by atoms with Gasteiger partial charge in [-0.15, -0.1) is 0 Å². The Morgan fingerprint density at radius 2 is 1.75 bits per heavy atom. The zero-order valence-electron chi connectivity index (χ0n) is 20.9. The van der Waals surface area contributed by atoms with E-state index in [0.717, 1.165) is 33.6 Å². The number of thiazole rings is 1. The van der Waals surface area contributed by atoms with E-state index in [4.69, 9.17) is 9.47 Å². The molecule has 1 N–H and O–H groups in total. The van der Waals surface area contributed by atoms with Crippen LogP contribution in [0.5, 0.6) is 11.5 Å². The van der Waals surface area contributed by atoms with Crippen molar-refractivity contribution in [3.05, 3.63) is 109 Å². The van der Waals surface area contributed by atoms with Crippen LogP contribution < -0.4 is 19.2 Å². The predicted octanol–water partition coefficient (Wildman–Crippen LogP) is 4.73. The van der Waals surface area contributed by atoms with Gasteiger partial charge in [-0.25, -0.2) is 4.90 Å². The number of H-pyrrole nitrogens is 1. The number of amides is 2. The van der Waals surface area contributed by atoms with Crippen molar-refractivity contribution in [3.63, 3.8) is 0 Å². The number of imide groups is 1. The number of benzene rings is 3. The molecule has 10 nitrogen and oxygen atoms in total. The van der Waals surface area contributed by atoms with Crippen molar-refractivity contribution in [3.8, 4) is 11.5 Å². The minimum absolute atomic E-state index is 0.183. The largest absolute Gasteiger partial charge is 0.497 e. The third-order valence-corrected chi connectivity index (χ3v) is 9.33. The first-order valence-corrected chi connectivity index (χ1v) is 13.9. The lowest BCUT2D eigenvalue weighted by atomic mass is 9.82. The quantitative estimate of drug-likeness (QED) is 0.190. The molecule has 1 fully saturated rings. The number of hydrogen-bond acceptors (Lipinski definition) is 9. The number of aromatic amines is 1. The van der Waals surface area contributed by atoms with Crippen molar-refractivity contribution in [2.45, 2.75) is 22.8 Å². The summed E-state index contributed by atoms with van der Waals surface area (Å²) in [6.07, 6.45) is 0. The summed E-state index contributed by atoms with van der Waals surface area (Å²) in [6.45, 7) is 0.183. The molecule has 0 radical (unpaired) electrons. The number of aromatic nitrogens is 1. The maximum absolute atomic E-state index is 14.0. The molecule has 2 aliphatic rings. The molecule has 40 heavy (non-hydrogen) atoms. The van der Waals surface area contributed by atoms with Gasteiger partial charge in [0.15, 0.2) is 0 Å². The summed E-state index contributed by atoms with van der Waals surface area (Å²) in [5.41, 5.74) is 1.45. The van der Waals surface area contributed by atoms with Crippen molar-refractivity contribution in [2.75, 3.05) is 12.0 Å². The topological polar surface area (TPSA) is 132 Å². The molecule has 6 rings (SSSR count). The summed E-state index contributed by atoms with van der Waals surface area (Å²) in [7, 11) is 1.52. The number of rotatable bonds is 7. The number of nitrogens with one attached hydrogen (secondary N) is 1. The average molecular weight is 576 g/mol. The molecule has 4 aromatic rings. The summed E-state index contributed by atoms with van der Waals surface area (Å²) in [5, 5.41) is 11.4. The molecular formula is C28H21N3O7S2. The first-order valence-electron chi connectivity index (χ1n) is 12.2. The summed E-state index contributed by atoms with van der Waals surface area (Å²) in [6, 6.07) is 20.2. The SMILES string of the molecule is COc1ccc(N2C(=O)[C@H]3[C@H](c4cc([N+](=O)[O-])ccc4OCc4ccccc4)c4sc(=O)[nH]c4S[C@H]3C2=O)cc1. The van der Waals surface area contributed by atoms with E-state index in [9.17, 15) is 24.5 Å². The summed E-state index contributed by atoms with van der Waals surface area (Å²) in [5.74, 6) is -1.71. The van der Waals surface area contributed by atoms with Gasteiger partial charge in [-0.2, -0.15) is 0 Å². The number of fused-ring (bicyclic) bond motifs is 2. The molecular weight excluding hydrogens is 554 g/mol. The fourth-order valence-corrected chi connectivity index (χ4v) is 7.60. The Bertz CT molecular complexity index is 1680. The first-order chi connectivity index (χ1) is 19.4. The number of methoxy groups -OCH3 is 1. The fraction of sp³-hybridized carbons (Fsp3) is 0.179. The van der Waals surface area contributed by atoms with Crippen LogP contribution in [0.3, 0.4) is 0 Å². The minimum Gasteiger partial charge on any atom is -0.497 e. The van der Waals surface area contributed by atoms with Crippen LogP contribution in [-0.4, -0.2) is 34.1 Å². The third-order valence-electron chi connectivity index (χ3n) is 6.93. The summed E-state index contributed by atoms with van der Waals surface area (Å²) < 4.78 is 11.3. The Balaban J connectivity index is 1.47. The zero-order valence-corrected chi connectivity index (χ0v) is 22.6. The highest BCUT2D eigenvalue weighted by Crippen LogP contribution is 2.55. The van der Waals surface area contributed by atoms with Crippen molar-refractivity contribution >= 4 is 46.3 Å². The van der Waals surface area contributed by atoms with Crippen molar-refractivity contribution in [1.82, 2.24) is 4.98 Å². The number of non-ortho nitro benzene ring substituents is 1. The van der Waals surface area contributed by atoms with Crippen molar-refractivity contribution in [2.24, 2.45) is 5.92 Å². The highest BCUT2D eigenvalue weighted by atomic mass is 32.2. The second-order valence-corrected chi connectivity index (χ2v) is 11.4. The minimum atomic E-state index is -0.917. The van der Waals surface area contributed by atoms with Crippen molar-refractivity contribution < 1.29 is 24.0 Å². The lowest BCUT2D eigenvalue weighted by Gasteiger charge is -2.30. The number of anilines is 1. The van der Waals surface area contributed by atoms with Gasteiger partial charge in [-0.05, 0) is 35.9 Å². The van der Waals surface area contributed by atoms with Crippen LogP contribution in [0.15, 0.2) is 82.6 Å². The number of nitrogens with zero attached hydrogens (tertiary/aromatic N) is 2. The van der Waals surface area contributed by atoms with E-state index in [1.165, 1.54) is 25.3 Å². The van der Waals surface area contributed by atoms with Crippen molar-refractivity contribution in [1.29, 1.82) is 0 Å². The van der Waals surface area contributed by atoms with E-state index >= 15 is 0 Å². The van der Waals surface area contributed by atoms with Crippen LogP contribution in [0.2, 0.25) is 0 Å². The number of carbonyl (C=O) groups excluding carboxylic acids is 2. The first kappa shape index (κ1) is 25.8. The van der Waals surface area contributed by atoms with Crippen LogP contribution in [0.1, 0.15) is 21.9 Å². The van der Waals surface area contributed by atoms with Gasteiger partial charge in [0.25, 0.3) is 5.69 Å². The van der Waals surface area contributed by atoms with Gasteiger partial charge in [0.2, 0.25) is 11.8 Å². The van der Waals surface area contributed by atoms with Gasteiger partial charge in [-0.3, -0.25) is 24.5 Å². The molecule has 0 saturated carbocycles. The molecule has 0 bridgehead atoms. The van der Waals surface area contributed by atoms with Crippen LogP contribution in [-0.2, 0) is 16.2 Å². The number of nitro groups is 1. The Kier molecular flexibility index (Phi) is 6.64. The maximum Gasteiger partial charge on any atom is 0.305 e. The van der Waals surface area contributed by atoms with Crippen LogP contribution in [0.25, 0.3) is 0 Å². The van der Waals surface area contributed by atoms with E-state index in [0.29, 0.717) is 32.7 Å². The normalized spacial score (nSPS) is 19.7. The molecule has 1 aromatic heterocycles. The number of thioether (sulfide) groups is 1. The van der Waals surface area contributed by atoms with E-state index in [-0.39, 0.29) is 17.2 Å². The molecule has 0 aliphatic carbocycles. The molecule has 0 unspecified atom stereocenters. The molecule has 3 atom stereocenters. The smallest absolute Gasteiger partial charge is 0.305 e. The zero-order chi connectivity index (χ0) is 28.0. The van der Waals surface area contributed by atoms with Gasteiger partial charge in [-0.1, -0.05) is 53.4 Å². The highest BCUT2D eigenvalue weighted by molar-refractivity contribution is 8.00. The Morgan fingerprint density at radius 3 is 2.45 bits per heavy atom. The number of carbonyl (C=O) groups is 2. The summed E-state index contributed by atoms with van der Waals surface area (Å²) in [4.78, 5) is 55.5. The molecule has 12 heteroatoms. The van der Waals surface area contributed by atoms with Crippen LogP contribution in [0.4, 0.5) is 11.4 Å². The lowest BCUT2D eigenvalue weighted by Crippen LogP contribution is -2.32. The van der Waals surface area contributed by atoms with E-state index < -0.39 is 33.8 Å². The van der Waals surface area contributed by atoms with Gasteiger partial charge in [0.05, 0.1) is 28.7 Å². The predicted molar refractivity (Wildman–Crippen MR) is 149 cm³/mol. The second-order valence-electron chi connectivity index (χ2n) is 9.21. The molecule has 2 aliphatic heterocycles. The van der Waals surface area contributed by atoms with E-state index in [1.54, 1.807) is 24.3 Å². The average Bonchev–Trinajstić information content (AvgIpc) is 3.46. The summed E-state index contributed by atoms with van der Waals surface area (Å²) >= 11 is 2.06. The van der Waals surface area contributed by atoms with E-state index in [1.807, 2.05) is 30.3 Å². The third kappa shape index (κ3) is 4.44. The van der Waals surface area contributed by atoms with Gasteiger partial charge < -0.3 is 14.5 Å². The Hall–Kier alpha value is -4.42. The molecule has 3 aromatic carbocycles. The molecule has 2 amide bonds. The van der Waals surface area contributed by atoms with Gasteiger partial charge in [0, 0.05) is 28.5 Å². The monoisotopic (exact) mass is 575 g/mol. The second kappa shape index (κ2) is 10.3. The van der Waals surface area contributed by atoms with Crippen LogP contribution in [0, 0.1) is 16.0 Å². The molecule has 0 spiro atoms. The van der Waals surface area contributed by atoms with E-state index in [2.05, 4.69) is 4.98 Å². The molecule has 1 saturated heterocycles. The Labute approximate surface area is 235 Å².